The molecule has 2 amide bonds. The third-order valence-electron chi connectivity index (χ3n) is 8.73. The SMILES string of the molecule is CC1=NN(c2cc(Cl)c(S(=O)(=O)O)cc2Cl)C(=O)C1N=Nc1ccc(C(=O)NC2CCCCC2)cc1.Cc1ccccc1N=C(N)Nc1ccccc1C. The molecule has 1 unspecified atom stereocenters. The van der Waals surface area contributed by atoms with Crippen molar-refractivity contribution in [3.8, 4) is 0 Å². The summed E-state index contributed by atoms with van der Waals surface area (Å²) in [4.78, 5) is 29.2. The minimum absolute atomic E-state index is 0.0319. The number of halogens is 2. The molecule has 4 aromatic carbocycles. The first kappa shape index (κ1) is 40.0. The zero-order valence-corrected chi connectivity index (χ0v) is 32.2. The van der Waals surface area contributed by atoms with E-state index in [0.717, 1.165) is 65.3 Å². The molecule has 5 N–H and O–H groups in total. The number of anilines is 2. The van der Waals surface area contributed by atoms with Gasteiger partial charge in [-0.3, -0.25) is 14.1 Å². The van der Waals surface area contributed by atoms with E-state index in [9.17, 15) is 22.6 Å². The number of nitrogens with one attached hydrogen (secondary N) is 2. The van der Waals surface area contributed by atoms with Crippen molar-refractivity contribution < 1.29 is 22.6 Å². The van der Waals surface area contributed by atoms with Crippen LogP contribution in [0.1, 0.15) is 60.5 Å². The number of hydrogen-bond acceptors (Lipinski definition) is 8. The summed E-state index contributed by atoms with van der Waals surface area (Å²) < 4.78 is 32.1. The molecule has 4 aromatic rings. The first-order chi connectivity index (χ1) is 25.7. The number of aliphatic imine (C=N–C) groups is 1. The number of benzene rings is 4. The smallest absolute Gasteiger partial charge is 0.296 e. The molecule has 0 spiro atoms. The summed E-state index contributed by atoms with van der Waals surface area (Å²) in [5, 5.41) is 19.0. The maximum absolute atomic E-state index is 13.0. The Kier molecular flexibility index (Phi) is 13.2. The van der Waals surface area contributed by atoms with Crippen LogP contribution in [0, 0.1) is 13.8 Å². The molecule has 13 nitrogen and oxygen atoms in total. The van der Waals surface area contributed by atoms with Gasteiger partial charge in [-0.15, -0.1) is 0 Å². The van der Waals surface area contributed by atoms with Crippen LogP contribution in [0.3, 0.4) is 0 Å². The third-order valence-corrected chi connectivity index (χ3v) is 10.3. The largest absolute Gasteiger partial charge is 0.369 e. The number of guanidine groups is 1. The average molecular weight is 792 g/mol. The predicted molar refractivity (Wildman–Crippen MR) is 213 cm³/mol. The van der Waals surface area contributed by atoms with Gasteiger partial charge in [0.05, 0.1) is 32.8 Å². The summed E-state index contributed by atoms with van der Waals surface area (Å²) in [5.74, 6) is -0.304. The maximum atomic E-state index is 13.0. The highest BCUT2D eigenvalue weighted by Gasteiger charge is 2.36. The van der Waals surface area contributed by atoms with Crippen LogP contribution < -0.4 is 21.4 Å². The van der Waals surface area contributed by atoms with Gasteiger partial charge in [0.15, 0.2) is 12.0 Å². The van der Waals surface area contributed by atoms with E-state index in [4.69, 9.17) is 28.9 Å². The number of hydrazone groups is 1. The molecule has 0 aromatic heterocycles. The Labute approximate surface area is 324 Å². The molecule has 16 heteroatoms. The van der Waals surface area contributed by atoms with E-state index in [2.05, 4.69) is 31.0 Å². The molecule has 0 bridgehead atoms. The average Bonchev–Trinajstić information content (AvgIpc) is 3.42. The first-order valence-electron chi connectivity index (χ1n) is 17.1. The van der Waals surface area contributed by atoms with Crippen LogP contribution in [0.5, 0.6) is 0 Å². The van der Waals surface area contributed by atoms with Crippen LogP contribution in [0.25, 0.3) is 0 Å². The van der Waals surface area contributed by atoms with Crippen molar-refractivity contribution in [1.82, 2.24) is 5.32 Å². The van der Waals surface area contributed by atoms with Gasteiger partial charge in [-0.2, -0.15) is 28.8 Å². The number of azo groups is 1. The van der Waals surface area contributed by atoms with E-state index in [1.807, 2.05) is 62.4 Å². The molecule has 1 heterocycles. The van der Waals surface area contributed by atoms with Crippen molar-refractivity contribution in [2.45, 2.75) is 69.9 Å². The molecule has 0 saturated heterocycles. The van der Waals surface area contributed by atoms with Gasteiger partial charge in [0.2, 0.25) is 0 Å². The molecule has 1 atom stereocenters. The Balaban J connectivity index is 0.000000260. The number of carbonyl (C=O) groups is 2. The molecule has 2 aliphatic rings. The van der Waals surface area contributed by atoms with Gasteiger partial charge in [0, 0.05) is 17.3 Å². The molecule has 54 heavy (non-hydrogen) atoms. The number of hydrogen-bond donors (Lipinski definition) is 4. The summed E-state index contributed by atoms with van der Waals surface area (Å²) in [6.45, 7) is 5.63. The number of para-hydroxylation sites is 2. The van der Waals surface area contributed by atoms with E-state index in [1.165, 1.54) is 6.42 Å². The lowest BCUT2D eigenvalue weighted by Gasteiger charge is -2.22. The van der Waals surface area contributed by atoms with Crippen molar-refractivity contribution in [1.29, 1.82) is 0 Å². The lowest BCUT2D eigenvalue weighted by molar-refractivity contribution is -0.117. The molecule has 1 aliphatic heterocycles. The fourth-order valence-corrected chi connectivity index (χ4v) is 7.09. The van der Waals surface area contributed by atoms with Crippen molar-refractivity contribution in [3.63, 3.8) is 0 Å². The highest BCUT2D eigenvalue weighted by molar-refractivity contribution is 7.86. The fourth-order valence-electron chi connectivity index (χ4n) is 5.76. The van der Waals surface area contributed by atoms with Crippen LogP contribution in [0.4, 0.5) is 22.7 Å². The topological polar surface area (TPSA) is 191 Å². The number of nitrogens with zero attached hydrogens (tertiary/aromatic N) is 5. The summed E-state index contributed by atoms with van der Waals surface area (Å²) in [6, 6.07) is 23.7. The number of aryl methyl sites for hydroxylation is 2. The van der Waals surface area contributed by atoms with E-state index in [-0.39, 0.29) is 27.7 Å². The predicted octanol–water partition coefficient (Wildman–Crippen LogP) is 8.54. The summed E-state index contributed by atoms with van der Waals surface area (Å²) in [6.07, 6.45) is 5.44. The molecule has 1 saturated carbocycles. The Morgan fingerprint density at radius 1 is 0.907 bits per heavy atom. The van der Waals surface area contributed by atoms with Gasteiger partial charge in [0.25, 0.3) is 21.9 Å². The Morgan fingerprint density at radius 3 is 2.20 bits per heavy atom. The van der Waals surface area contributed by atoms with Crippen molar-refractivity contribution >= 4 is 79.6 Å². The highest BCUT2D eigenvalue weighted by Crippen LogP contribution is 2.36. The summed E-state index contributed by atoms with van der Waals surface area (Å²) in [5.41, 5.74) is 11.3. The van der Waals surface area contributed by atoms with Crippen molar-refractivity contribution in [2.24, 2.45) is 26.1 Å². The second kappa shape index (κ2) is 17.8. The summed E-state index contributed by atoms with van der Waals surface area (Å²) in [7, 11) is -4.60. The van der Waals surface area contributed by atoms with Crippen LogP contribution in [-0.4, -0.2) is 48.5 Å². The summed E-state index contributed by atoms with van der Waals surface area (Å²) >= 11 is 12.1. The lowest BCUT2D eigenvalue weighted by atomic mass is 9.95. The van der Waals surface area contributed by atoms with E-state index < -0.39 is 27.0 Å². The van der Waals surface area contributed by atoms with E-state index in [0.29, 0.717) is 22.9 Å². The quantitative estimate of drug-likeness (QED) is 0.0595. The molecule has 282 valence electrons. The molecule has 1 aliphatic carbocycles. The fraction of sp³-hybridized carbons (Fsp3) is 0.263. The Morgan fingerprint density at radius 2 is 1.56 bits per heavy atom. The second-order valence-electron chi connectivity index (χ2n) is 12.8. The molecule has 1 fully saturated rings. The number of nitrogens with two attached hydrogens (primary N) is 1. The Bertz CT molecular complexity index is 2220. The van der Waals surface area contributed by atoms with Crippen LogP contribution >= 0.6 is 23.2 Å². The zero-order chi connectivity index (χ0) is 39.0. The zero-order valence-electron chi connectivity index (χ0n) is 29.8. The van der Waals surface area contributed by atoms with Crippen molar-refractivity contribution in [2.75, 3.05) is 10.3 Å². The molecular weight excluding hydrogens is 751 g/mol. The number of carbonyl (C=O) groups excluding carboxylic acids is 2. The maximum Gasteiger partial charge on any atom is 0.296 e. The minimum atomic E-state index is -4.60. The van der Waals surface area contributed by atoms with Crippen LogP contribution in [-0.2, 0) is 14.9 Å². The molecule has 0 radical (unpaired) electrons. The number of rotatable bonds is 8. The normalized spacial score (nSPS) is 16.5. The van der Waals surface area contributed by atoms with Crippen molar-refractivity contribution in [3.05, 3.63) is 112 Å². The van der Waals surface area contributed by atoms with Gasteiger partial charge in [-0.05, 0) is 93.3 Å². The third kappa shape index (κ3) is 10.3. The Hall–Kier alpha value is -5.15. The first-order valence-corrected chi connectivity index (χ1v) is 19.3. The van der Waals surface area contributed by atoms with E-state index >= 15 is 0 Å². The van der Waals surface area contributed by atoms with Gasteiger partial charge >= 0.3 is 0 Å². The molecular formula is C38H40Cl2N8O5S. The van der Waals surface area contributed by atoms with Gasteiger partial charge in [-0.1, -0.05) is 78.9 Å². The minimum Gasteiger partial charge on any atom is -0.369 e. The van der Waals surface area contributed by atoms with Gasteiger partial charge in [-0.25, -0.2) is 4.99 Å². The monoisotopic (exact) mass is 790 g/mol. The molecule has 6 rings (SSSR count). The second-order valence-corrected chi connectivity index (χ2v) is 15.0. The van der Waals surface area contributed by atoms with Crippen LogP contribution in [0.2, 0.25) is 10.0 Å². The lowest BCUT2D eigenvalue weighted by Crippen LogP contribution is -2.36. The van der Waals surface area contributed by atoms with Gasteiger partial charge < -0.3 is 16.4 Å². The van der Waals surface area contributed by atoms with Crippen LogP contribution in [0.15, 0.2) is 110 Å². The van der Waals surface area contributed by atoms with E-state index in [1.54, 1.807) is 31.2 Å². The standard InChI is InChI=1S/C23H23Cl2N5O5S.C15H17N3/c1-13-21(23(32)30(29-13)19-11-18(25)20(12-17(19)24)36(33,34)35)28-27-16-9-7-14(8-10-16)22(31)26-15-5-3-2-4-6-15;1-11-7-3-5-9-13(11)17-15(16)18-14-10-6-4-8-12(14)2/h7-12,15,21H,2-6H2,1H3,(H,26,31)(H,33,34,35);3-10H,1-2H3,(H3,16,17,18). The highest BCUT2D eigenvalue weighted by atomic mass is 35.5. The van der Waals surface area contributed by atoms with Gasteiger partial charge in [0.1, 0.15) is 4.90 Å². The number of amides is 2.